The van der Waals surface area contributed by atoms with E-state index in [1.54, 1.807) is 23.7 Å². The maximum absolute atomic E-state index is 13.6. The van der Waals surface area contributed by atoms with Gasteiger partial charge in [-0.25, -0.2) is 4.39 Å². The summed E-state index contributed by atoms with van der Waals surface area (Å²) in [5.41, 5.74) is 2.31. The molecule has 0 aliphatic heterocycles. The minimum atomic E-state index is -0.275. The lowest BCUT2D eigenvalue weighted by atomic mass is 10.1. The Hall–Kier alpha value is -2.54. The molecule has 23 heavy (non-hydrogen) atoms. The number of hydrogen-bond donors (Lipinski definition) is 0. The summed E-state index contributed by atoms with van der Waals surface area (Å²) in [6.45, 7) is 2.95. The molecule has 2 aromatic heterocycles. The molecule has 3 rings (SSSR count). The molecule has 3 aromatic rings. The highest BCUT2D eigenvalue weighted by molar-refractivity contribution is 5.54. The van der Waals surface area contributed by atoms with Crippen LogP contribution in [0.25, 0.3) is 11.4 Å². The fraction of sp³-hybridized carbons (Fsp3) is 0.312. The molecule has 120 valence electrons. The Morgan fingerprint density at radius 1 is 1.30 bits per heavy atom. The van der Waals surface area contributed by atoms with Crippen molar-refractivity contribution in [3.05, 3.63) is 53.4 Å². The molecule has 0 aliphatic carbocycles. The molecule has 7 heteroatoms. The number of aromatic nitrogens is 4. The average molecular weight is 315 g/mol. The first kappa shape index (κ1) is 15.4. The summed E-state index contributed by atoms with van der Waals surface area (Å²) < 4.78 is 20.6. The zero-order chi connectivity index (χ0) is 16.4. The van der Waals surface area contributed by atoms with Gasteiger partial charge in [0.15, 0.2) is 0 Å². The van der Waals surface area contributed by atoms with Gasteiger partial charge in [-0.2, -0.15) is 10.1 Å². The third-order valence-electron chi connectivity index (χ3n) is 3.51. The van der Waals surface area contributed by atoms with E-state index in [2.05, 4.69) is 15.2 Å². The van der Waals surface area contributed by atoms with Crippen molar-refractivity contribution < 1.29 is 8.91 Å². The molecule has 0 amide bonds. The van der Waals surface area contributed by atoms with Crippen LogP contribution in [-0.2, 0) is 20.1 Å². The Morgan fingerprint density at radius 2 is 2.13 bits per heavy atom. The molecule has 0 saturated carbocycles. The predicted octanol–water partition coefficient (Wildman–Crippen LogP) is 2.55. The number of halogens is 1. The highest BCUT2D eigenvalue weighted by Gasteiger charge is 2.12. The van der Waals surface area contributed by atoms with Gasteiger partial charge in [-0.3, -0.25) is 9.58 Å². The van der Waals surface area contributed by atoms with E-state index in [-0.39, 0.29) is 5.82 Å². The van der Waals surface area contributed by atoms with Gasteiger partial charge in [-0.05, 0) is 25.6 Å². The maximum atomic E-state index is 13.6. The van der Waals surface area contributed by atoms with Gasteiger partial charge in [0.25, 0.3) is 0 Å². The van der Waals surface area contributed by atoms with Gasteiger partial charge in [0.05, 0.1) is 12.7 Å². The summed E-state index contributed by atoms with van der Waals surface area (Å²) in [6, 6.07) is 4.91. The molecular weight excluding hydrogens is 297 g/mol. The van der Waals surface area contributed by atoms with Crippen LogP contribution in [0.1, 0.15) is 17.0 Å². The molecule has 0 unspecified atom stereocenters. The van der Waals surface area contributed by atoms with Crippen molar-refractivity contribution in [1.29, 1.82) is 0 Å². The third-order valence-corrected chi connectivity index (χ3v) is 3.51. The maximum Gasteiger partial charge on any atom is 0.241 e. The van der Waals surface area contributed by atoms with E-state index in [9.17, 15) is 4.39 Å². The standard InChI is InChI=1S/C16H18FN5O/c1-11-4-5-13(6-14(11)17)16-19-15(23-20-16)10-21(2)8-12-7-18-22(3)9-12/h4-7,9H,8,10H2,1-3H3. The molecule has 0 spiro atoms. The van der Waals surface area contributed by atoms with Crippen LogP contribution in [-0.4, -0.2) is 31.9 Å². The smallest absolute Gasteiger partial charge is 0.241 e. The topological polar surface area (TPSA) is 60.0 Å². The summed E-state index contributed by atoms with van der Waals surface area (Å²) in [4.78, 5) is 6.38. The fourth-order valence-corrected chi connectivity index (χ4v) is 2.32. The van der Waals surface area contributed by atoms with Gasteiger partial charge >= 0.3 is 0 Å². The lowest BCUT2D eigenvalue weighted by molar-refractivity contribution is 0.261. The van der Waals surface area contributed by atoms with Crippen LogP contribution in [0.15, 0.2) is 35.1 Å². The van der Waals surface area contributed by atoms with Crippen LogP contribution in [0.5, 0.6) is 0 Å². The van der Waals surface area contributed by atoms with E-state index in [0.29, 0.717) is 29.4 Å². The second kappa shape index (κ2) is 6.29. The summed E-state index contributed by atoms with van der Waals surface area (Å²) in [6.07, 6.45) is 3.79. The minimum Gasteiger partial charge on any atom is -0.338 e. The lowest BCUT2D eigenvalue weighted by Crippen LogP contribution is -2.17. The largest absolute Gasteiger partial charge is 0.338 e. The van der Waals surface area contributed by atoms with Gasteiger partial charge in [-0.1, -0.05) is 17.3 Å². The van der Waals surface area contributed by atoms with E-state index in [4.69, 9.17) is 4.52 Å². The van der Waals surface area contributed by atoms with Gasteiger partial charge in [0, 0.05) is 30.9 Å². The normalized spacial score (nSPS) is 11.3. The van der Waals surface area contributed by atoms with E-state index < -0.39 is 0 Å². The van der Waals surface area contributed by atoms with E-state index in [1.165, 1.54) is 6.07 Å². The van der Waals surface area contributed by atoms with Crippen LogP contribution in [0.4, 0.5) is 4.39 Å². The van der Waals surface area contributed by atoms with Crippen molar-refractivity contribution in [2.24, 2.45) is 7.05 Å². The number of nitrogens with zero attached hydrogens (tertiary/aromatic N) is 5. The van der Waals surface area contributed by atoms with Gasteiger partial charge in [0.1, 0.15) is 5.82 Å². The monoisotopic (exact) mass is 315 g/mol. The highest BCUT2D eigenvalue weighted by Crippen LogP contribution is 2.19. The van der Waals surface area contributed by atoms with Crippen LogP contribution >= 0.6 is 0 Å². The molecule has 0 saturated heterocycles. The SMILES string of the molecule is Cc1ccc(-c2noc(CN(C)Cc3cnn(C)c3)n2)cc1F. The molecule has 6 nitrogen and oxygen atoms in total. The van der Waals surface area contributed by atoms with Crippen molar-refractivity contribution in [3.63, 3.8) is 0 Å². The van der Waals surface area contributed by atoms with Crippen LogP contribution in [0.2, 0.25) is 0 Å². The zero-order valence-electron chi connectivity index (χ0n) is 13.3. The molecular formula is C16H18FN5O. The lowest BCUT2D eigenvalue weighted by Gasteiger charge is -2.12. The molecule has 0 bridgehead atoms. The van der Waals surface area contributed by atoms with E-state index in [0.717, 1.165) is 12.1 Å². The summed E-state index contributed by atoms with van der Waals surface area (Å²) in [5, 5.41) is 8.06. The Balaban J connectivity index is 1.67. The number of aryl methyl sites for hydroxylation is 2. The number of hydrogen-bond acceptors (Lipinski definition) is 5. The molecule has 0 fully saturated rings. The van der Waals surface area contributed by atoms with Crippen LogP contribution < -0.4 is 0 Å². The quantitative estimate of drug-likeness (QED) is 0.724. The Morgan fingerprint density at radius 3 is 2.83 bits per heavy atom. The molecule has 0 N–H and O–H groups in total. The van der Waals surface area contributed by atoms with Gasteiger partial charge in [0.2, 0.25) is 11.7 Å². The minimum absolute atomic E-state index is 0.275. The number of benzene rings is 1. The van der Waals surface area contributed by atoms with E-state index in [1.807, 2.05) is 31.4 Å². The first-order valence-electron chi connectivity index (χ1n) is 7.26. The molecule has 0 aliphatic rings. The predicted molar refractivity (Wildman–Crippen MR) is 82.8 cm³/mol. The molecule has 0 atom stereocenters. The van der Waals surface area contributed by atoms with Crippen LogP contribution in [0, 0.1) is 12.7 Å². The van der Waals surface area contributed by atoms with E-state index >= 15 is 0 Å². The van der Waals surface area contributed by atoms with Gasteiger partial charge < -0.3 is 4.52 Å². The third kappa shape index (κ3) is 3.62. The second-order valence-electron chi connectivity index (χ2n) is 5.67. The molecule has 0 radical (unpaired) electrons. The highest BCUT2D eigenvalue weighted by atomic mass is 19.1. The van der Waals surface area contributed by atoms with Crippen LogP contribution in [0.3, 0.4) is 0 Å². The van der Waals surface area contributed by atoms with Crippen molar-refractivity contribution >= 4 is 0 Å². The zero-order valence-corrected chi connectivity index (χ0v) is 13.3. The fourth-order valence-electron chi connectivity index (χ4n) is 2.32. The Bertz CT molecular complexity index is 810. The Kier molecular flexibility index (Phi) is 4.20. The van der Waals surface area contributed by atoms with Gasteiger partial charge in [-0.15, -0.1) is 0 Å². The number of rotatable bonds is 5. The summed E-state index contributed by atoms with van der Waals surface area (Å²) in [7, 11) is 3.84. The van der Waals surface area contributed by atoms with Crippen molar-refractivity contribution in [2.45, 2.75) is 20.0 Å². The summed E-state index contributed by atoms with van der Waals surface area (Å²) in [5.74, 6) is 0.614. The average Bonchev–Trinajstić information content (AvgIpc) is 3.11. The van der Waals surface area contributed by atoms with Crippen molar-refractivity contribution in [2.75, 3.05) is 7.05 Å². The first-order valence-corrected chi connectivity index (χ1v) is 7.26. The second-order valence-corrected chi connectivity index (χ2v) is 5.67. The molecule has 1 aromatic carbocycles. The van der Waals surface area contributed by atoms with Crippen molar-refractivity contribution in [3.8, 4) is 11.4 Å². The Labute approximate surface area is 133 Å². The van der Waals surface area contributed by atoms with Crippen molar-refractivity contribution in [1.82, 2.24) is 24.8 Å². The summed E-state index contributed by atoms with van der Waals surface area (Å²) >= 11 is 0. The molecule has 2 heterocycles. The first-order chi connectivity index (χ1) is 11.0.